The Morgan fingerprint density at radius 1 is 1.06 bits per heavy atom. The van der Waals surface area contributed by atoms with E-state index in [0.717, 1.165) is 21.4 Å². The Balaban J connectivity index is 2.48. The molecule has 3 heterocycles. The molecule has 3 aromatic rings. The number of aromatic hydroxyl groups is 1. The quantitative estimate of drug-likeness (QED) is 0.471. The second-order valence-electron chi connectivity index (χ2n) is 3.94. The van der Waals surface area contributed by atoms with Gasteiger partial charge < -0.3 is 9.51 Å². The summed E-state index contributed by atoms with van der Waals surface area (Å²) < 4.78 is 1.99. The van der Waals surface area contributed by atoms with E-state index in [1.807, 2.05) is 47.0 Å². The summed E-state index contributed by atoms with van der Waals surface area (Å²) in [5, 5.41) is 13.1. The maximum atomic E-state index is 10.1. The van der Waals surface area contributed by atoms with Gasteiger partial charge in [-0.1, -0.05) is 18.2 Å². The topological polar surface area (TPSA) is 37.0 Å². The molecule has 2 aromatic heterocycles. The van der Waals surface area contributed by atoms with Gasteiger partial charge in [-0.2, -0.15) is 0 Å². The summed E-state index contributed by atoms with van der Waals surface area (Å²) in [5.74, 6) is 0.274. The van der Waals surface area contributed by atoms with E-state index in [1.54, 1.807) is 0 Å². The first-order chi connectivity index (χ1) is 7.86. The lowest BCUT2D eigenvalue weighted by Gasteiger charge is -1.87. The summed E-state index contributed by atoms with van der Waals surface area (Å²) in [6.45, 7) is 0. The molecule has 0 radical (unpaired) electrons. The maximum Gasteiger partial charge on any atom is 0.167 e. The lowest BCUT2D eigenvalue weighted by Crippen LogP contribution is -1.98. The third-order valence-corrected chi connectivity index (χ3v) is 3.07. The van der Waals surface area contributed by atoms with E-state index >= 15 is 0 Å². The van der Waals surface area contributed by atoms with Gasteiger partial charge in [0.25, 0.3) is 0 Å². The highest BCUT2D eigenvalue weighted by atomic mass is 16.3. The molecular formula is C13H8N2O. The summed E-state index contributed by atoms with van der Waals surface area (Å²) in [5.41, 5.74) is 1.51. The first-order valence-corrected chi connectivity index (χ1v) is 5.16. The molecule has 3 nitrogen and oxygen atoms in total. The highest BCUT2D eigenvalue weighted by Gasteiger charge is 2.16. The Morgan fingerprint density at radius 2 is 1.94 bits per heavy atom. The number of benzene rings is 1. The van der Waals surface area contributed by atoms with Gasteiger partial charge in [0.1, 0.15) is 5.69 Å². The van der Waals surface area contributed by atoms with E-state index in [0.29, 0.717) is 5.69 Å². The van der Waals surface area contributed by atoms with Gasteiger partial charge in [-0.05, 0) is 18.2 Å². The van der Waals surface area contributed by atoms with Crippen LogP contribution in [0, 0.1) is 10.6 Å². The minimum atomic E-state index is 0.274. The zero-order valence-electron chi connectivity index (χ0n) is 8.38. The number of nitrogens with zero attached hydrogens (tertiary/aromatic N) is 2. The van der Waals surface area contributed by atoms with Gasteiger partial charge in [-0.25, -0.2) is 4.99 Å². The van der Waals surface area contributed by atoms with Crippen LogP contribution in [-0.2, 0) is 0 Å². The van der Waals surface area contributed by atoms with Crippen molar-refractivity contribution in [2.45, 2.75) is 0 Å². The zero-order valence-corrected chi connectivity index (χ0v) is 8.38. The van der Waals surface area contributed by atoms with Crippen molar-refractivity contribution in [3.8, 4) is 5.75 Å². The Labute approximate surface area is 90.6 Å². The number of fused-ring (bicyclic) bond motifs is 4. The van der Waals surface area contributed by atoms with E-state index < -0.39 is 0 Å². The van der Waals surface area contributed by atoms with Crippen molar-refractivity contribution < 1.29 is 5.11 Å². The van der Waals surface area contributed by atoms with Crippen LogP contribution < -0.4 is 5.36 Å². The second kappa shape index (κ2) is 2.44. The maximum absolute atomic E-state index is 10.1. The first-order valence-electron chi connectivity index (χ1n) is 5.16. The van der Waals surface area contributed by atoms with Gasteiger partial charge in [-0.3, -0.25) is 0 Å². The van der Waals surface area contributed by atoms with Crippen LogP contribution in [0.1, 0.15) is 0 Å². The Hall–Kier alpha value is -2.29. The van der Waals surface area contributed by atoms with Gasteiger partial charge in [0.2, 0.25) is 0 Å². The van der Waals surface area contributed by atoms with Crippen molar-refractivity contribution in [1.82, 2.24) is 4.40 Å². The predicted molar refractivity (Wildman–Crippen MR) is 59.6 cm³/mol. The molecule has 1 aliphatic rings. The number of para-hydroxylation sites is 1. The predicted octanol–water partition coefficient (Wildman–Crippen LogP) is 1.92. The van der Waals surface area contributed by atoms with Crippen LogP contribution in [0.4, 0.5) is 5.69 Å². The van der Waals surface area contributed by atoms with Crippen LogP contribution in [0.15, 0.2) is 47.6 Å². The summed E-state index contributed by atoms with van der Waals surface area (Å²) >= 11 is 0. The minimum absolute atomic E-state index is 0.274. The molecule has 16 heavy (non-hydrogen) atoms. The molecule has 1 aromatic carbocycles. The Morgan fingerprint density at radius 3 is 2.88 bits per heavy atom. The van der Waals surface area contributed by atoms with E-state index in [2.05, 4.69) is 4.99 Å². The van der Waals surface area contributed by atoms with Crippen LogP contribution >= 0.6 is 0 Å². The summed E-state index contributed by atoms with van der Waals surface area (Å²) in [6, 6.07) is 11.8. The molecule has 0 fully saturated rings. The Bertz CT molecular complexity index is 861. The van der Waals surface area contributed by atoms with Crippen molar-refractivity contribution in [1.29, 1.82) is 0 Å². The van der Waals surface area contributed by atoms with Gasteiger partial charge in [0.05, 0.1) is 16.2 Å². The van der Waals surface area contributed by atoms with Crippen molar-refractivity contribution >= 4 is 11.2 Å². The largest absolute Gasteiger partial charge is 0.504 e. The molecule has 1 aliphatic heterocycles. The third kappa shape index (κ3) is 0.736. The van der Waals surface area contributed by atoms with E-state index in [1.165, 1.54) is 0 Å². The molecule has 0 bridgehead atoms. The zero-order chi connectivity index (χ0) is 10.7. The average molecular weight is 208 g/mol. The summed E-state index contributed by atoms with van der Waals surface area (Å²) in [4.78, 5) is 4.45. The van der Waals surface area contributed by atoms with Gasteiger partial charge >= 0.3 is 0 Å². The van der Waals surface area contributed by atoms with Crippen LogP contribution in [0.3, 0.4) is 0 Å². The minimum Gasteiger partial charge on any atom is -0.504 e. The molecule has 1 N–H and O–H groups in total. The van der Waals surface area contributed by atoms with Gasteiger partial charge in [-0.15, -0.1) is 0 Å². The van der Waals surface area contributed by atoms with Crippen LogP contribution in [0.5, 0.6) is 5.75 Å². The summed E-state index contributed by atoms with van der Waals surface area (Å²) in [7, 11) is 0. The number of hydrogen-bond donors (Lipinski definition) is 1. The smallest absolute Gasteiger partial charge is 0.167 e. The number of aromatic nitrogens is 1. The molecular weight excluding hydrogens is 200 g/mol. The van der Waals surface area contributed by atoms with Gasteiger partial charge in [0.15, 0.2) is 5.75 Å². The number of hydrogen-bond acceptors (Lipinski definition) is 2. The van der Waals surface area contributed by atoms with Crippen molar-refractivity contribution in [2.75, 3.05) is 0 Å². The molecule has 0 amide bonds. The van der Waals surface area contributed by atoms with Crippen LogP contribution in [-0.4, -0.2) is 9.51 Å². The van der Waals surface area contributed by atoms with Crippen molar-refractivity contribution in [2.24, 2.45) is 4.99 Å². The van der Waals surface area contributed by atoms with E-state index in [4.69, 9.17) is 0 Å². The third-order valence-electron chi connectivity index (χ3n) is 3.07. The molecule has 0 spiro atoms. The van der Waals surface area contributed by atoms with E-state index in [9.17, 15) is 5.11 Å². The van der Waals surface area contributed by atoms with Crippen molar-refractivity contribution in [3.05, 3.63) is 58.5 Å². The lowest BCUT2D eigenvalue weighted by molar-refractivity contribution is 0.483. The molecule has 0 atom stereocenters. The summed E-state index contributed by atoms with van der Waals surface area (Å²) in [6.07, 6.45) is 1.95. The molecule has 0 unspecified atom stereocenters. The first kappa shape index (κ1) is 7.93. The fraction of sp³-hybridized carbons (Fsp3) is 0. The standard InChI is InChI=1S/C13H8N2O/c16-13-10-6-3-7-15(10)12-8-4-1-2-5-9(8)14-11(12)13/h1-7,16H. The monoisotopic (exact) mass is 208 g/mol. The fourth-order valence-electron chi connectivity index (χ4n) is 2.37. The average Bonchev–Trinajstić information content (AvgIpc) is 2.94. The van der Waals surface area contributed by atoms with Crippen LogP contribution in [0.2, 0.25) is 0 Å². The lowest BCUT2D eigenvalue weighted by atomic mass is 10.3. The van der Waals surface area contributed by atoms with Crippen LogP contribution in [0.25, 0.3) is 5.52 Å². The van der Waals surface area contributed by atoms with Crippen molar-refractivity contribution in [3.63, 3.8) is 0 Å². The normalized spacial score (nSPS) is 12.5. The Kier molecular flexibility index (Phi) is 1.21. The fourth-order valence-corrected chi connectivity index (χ4v) is 2.37. The molecule has 3 heteroatoms. The highest BCUT2D eigenvalue weighted by molar-refractivity contribution is 5.74. The number of rotatable bonds is 0. The highest BCUT2D eigenvalue weighted by Crippen LogP contribution is 2.36. The molecule has 0 saturated heterocycles. The molecule has 0 saturated carbocycles. The SMILES string of the molecule is Oc1c2c(n3cccc13)=c1ccccc1=N2. The molecule has 0 aliphatic carbocycles. The van der Waals surface area contributed by atoms with Gasteiger partial charge in [0, 0.05) is 11.4 Å². The molecule has 76 valence electrons. The van der Waals surface area contributed by atoms with E-state index in [-0.39, 0.29) is 5.75 Å². The molecule has 4 rings (SSSR count). The second-order valence-corrected chi connectivity index (χ2v) is 3.94.